The Morgan fingerprint density at radius 1 is 1.22 bits per heavy atom. The molecule has 0 saturated carbocycles. The molecule has 2 fully saturated rings. The zero-order valence-corrected chi connectivity index (χ0v) is 11.5. The van der Waals surface area contributed by atoms with Crippen molar-refractivity contribution in [2.45, 2.75) is 50.8 Å². The third-order valence-electron chi connectivity index (χ3n) is 3.87. The van der Waals surface area contributed by atoms with Crippen LogP contribution in [0, 0.1) is 5.41 Å². The number of ether oxygens (including phenoxy) is 1. The molecule has 1 N–H and O–H groups in total. The van der Waals surface area contributed by atoms with Gasteiger partial charge in [-0.15, -0.1) is 0 Å². The fraction of sp³-hybridized carbons (Fsp3) is 0.833. The molecule has 0 radical (unpaired) electrons. The molecule has 2 heterocycles. The van der Waals surface area contributed by atoms with Gasteiger partial charge < -0.3 is 19.5 Å². The summed E-state index contributed by atoms with van der Waals surface area (Å²) in [4.78, 5) is 4.38. The summed E-state index contributed by atoms with van der Waals surface area (Å²) in [6, 6.07) is 0.231. The molecule has 2 rings (SSSR count). The smallest absolute Gasteiger partial charge is 0.403 e. The van der Waals surface area contributed by atoms with Crippen molar-refractivity contribution in [2.24, 2.45) is 4.99 Å². The van der Waals surface area contributed by atoms with Crippen LogP contribution in [0.5, 0.6) is 0 Å². The van der Waals surface area contributed by atoms with Crippen LogP contribution >= 0.6 is 0 Å². The van der Waals surface area contributed by atoms with Gasteiger partial charge in [0.1, 0.15) is 0 Å². The molecular formula is C12H21BN2O3. The standard InChI is InChI=1S/C12H21BN2O3/c1-11(2)12(3,4)18-13(17-11)9(5-14)6-15-10-7-16-8-10/h5-6,9-10,14H,7-8H2,1-4H3. The van der Waals surface area contributed by atoms with E-state index in [2.05, 4.69) is 4.99 Å². The number of hydrogen-bond donors (Lipinski definition) is 1. The Morgan fingerprint density at radius 2 is 1.78 bits per heavy atom. The van der Waals surface area contributed by atoms with Crippen molar-refractivity contribution < 1.29 is 14.0 Å². The Hall–Kier alpha value is -0.715. The van der Waals surface area contributed by atoms with E-state index in [-0.39, 0.29) is 23.1 Å². The molecule has 6 heteroatoms. The Balaban J connectivity index is 2.01. The van der Waals surface area contributed by atoms with Crippen LogP contribution in [0.2, 0.25) is 5.82 Å². The maximum absolute atomic E-state index is 7.50. The van der Waals surface area contributed by atoms with Gasteiger partial charge in [0.25, 0.3) is 0 Å². The second-order valence-corrected chi connectivity index (χ2v) is 5.86. The van der Waals surface area contributed by atoms with E-state index < -0.39 is 7.12 Å². The summed E-state index contributed by atoms with van der Waals surface area (Å²) in [6.45, 7) is 9.36. The van der Waals surface area contributed by atoms with Crippen LogP contribution < -0.4 is 0 Å². The van der Waals surface area contributed by atoms with E-state index in [1.807, 2.05) is 27.7 Å². The highest BCUT2D eigenvalue weighted by molar-refractivity contribution is 6.56. The predicted molar refractivity (Wildman–Crippen MR) is 71.7 cm³/mol. The fourth-order valence-electron chi connectivity index (χ4n) is 1.77. The molecule has 2 aliphatic heterocycles. The monoisotopic (exact) mass is 252 g/mol. The van der Waals surface area contributed by atoms with Crippen molar-refractivity contribution in [1.82, 2.24) is 0 Å². The Labute approximate surface area is 109 Å². The van der Waals surface area contributed by atoms with Gasteiger partial charge in [0, 0.05) is 12.4 Å². The van der Waals surface area contributed by atoms with Crippen LogP contribution in [0.3, 0.4) is 0 Å². The molecule has 2 aliphatic rings. The van der Waals surface area contributed by atoms with E-state index in [4.69, 9.17) is 19.5 Å². The molecule has 0 aromatic carbocycles. The maximum atomic E-state index is 7.50. The van der Waals surface area contributed by atoms with Crippen molar-refractivity contribution in [2.75, 3.05) is 13.2 Å². The molecule has 5 nitrogen and oxygen atoms in total. The topological polar surface area (TPSA) is 63.9 Å². The molecule has 0 bridgehead atoms. The van der Waals surface area contributed by atoms with Crippen LogP contribution in [0.15, 0.2) is 4.99 Å². The lowest BCUT2D eigenvalue weighted by Crippen LogP contribution is -2.41. The van der Waals surface area contributed by atoms with Gasteiger partial charge in [-0.1, -0.05) is 0 Å². The van der Waals surface area contributed by atoms with Crippen molar-refractivity contribution in [3.8, 4) is 0 Å². The molecule has 100 valence electrons. The Morgan fingerprint density at radius 3 is 2.17 bits per heavy atom. The Kier molecular flexibility index (Phi) is 3.62. The molecule has 2 saturated heterocycles. The second kappa shape index (κ2) is 4.76. The maximum Gasteiger partial charge on any atom is 0.472 e. The zero-order chi connectivity index (χ0) is 13.4. The molecule has 1 unspecified atom stereocenters. The van der Waals surface area contributed by atoms with E-state index in [0.29, 0.717) is 13.2 Å². The molecular weight excluding hydrogens is 231 g/mol. The normalized spacial score (nSPS) is 28.3. The highest BCUT2D eigenvalue weighted by Gasteiger charge is 2.53. The fourth-order valence-corrected chi connectivity index (χ4v) is 1.77. The average Bonchev–Trinajstić information content (AvgIpc) is 2.40. The highest BCUT2D eigenvalue weighted by atomic mass is 16.7. The molecule has 0 aliphatic carbocycles. The summed E-state index contributed by atoms with van der Waals surface area (Å²) >= 11 is 0. The van der Waals surface area contributed by atoms with Crippen LogP contribution in [-0.2, 0) is 14.0 Å². The number of aliphatic imine (C=N–C) groups is 1. The van der Waals surface area contributed by atoms with E-state index in [0.717, 1.165) is 0 Å². The van der Waals surface area contributed by atoms with Crippen LogP contribution in [0.4, 0.5) is 0 Å². The van der Waals surface area contributed by atoms with Crippen molar-refractivity contribution >= 4 is 19.5 Å². The number of nitrogens with zero attached hydrogens (tertiary/aromatic N) is 1. The molecule has 0 spiro atoms. The minimum Gasteiger partial charge on any atom is -0.403 e. The summed E-state index contributed by atoms with van der Waals surface area (Å²) in [6.07, 6.45) is 3.08. The third-order valence-corrected chi connectivity index (χ3v) is 3.87. The van der Waals surface area contributed by atoms with E-state index in [1.165, 1.54) is 6.21 Å². The van der Waals surface area contributed by atoms with Gasteiger partial charge in [-0.2, -0.15) is 0 Å². The molecule has 1 atom stereocenters. The molecule has 0 aromatic heterocycles. The average molecular weight is 252 g/mol. The van der Waals surface area contributed by atoms with Gasteiger partial charge in [-0.25, -0.2) is 0 Å². The number of hydrogen-bond acceptors (Lipinski definition) is 5. The second-order valence-electron chi connectivity index (χ2n) is 5.86. The lowest BCUT2D eigenvalue weighted by molar-refractivity contribution is 0.00578. The molecule has 0 amide bonds. The van der Waals surface area contributed by atoms with Crippen LogP contribution in [0.1, 0.15) is 27.7 Å². The van der Waals surface area contributed by atoms with E-state index in [1.54, 1.807) is 6.21 Å². The summed E-state index contributed by atoms with van der Waals surface area (Å²) in [5, 5.41) is 7.50. The van der Waals surface area contributed by atoms with Gasteiger partial charge in [0.2, 0.25) is 0 Å². The van der Waals surface area contributed by atoms with Crippen molar-refractivity contribution in [1.29, 1.82) is 5.41 Å². The van der Waals surface area contributed by atoms with E-state index >= 15 is 0 Å². The summed E-state index contributed by atoms with van der Waals surface area (Å²) in [5.74, 6) is -0.244. The minimum atomic E-state index is -0.433. The first-order chi connectivity index (χ1) is 8.36. The quantitative estimate of drug-likeness (QED) is 0.610. The van der Waals surface area contributed by atoms with Gasteiger partial charge in [-0.3, -0.25) is 4.99 Å². The van der Waals surface area contributed by atoms with Gasteiger partial charge >= 0.3 is 7.12 Å². The summed E-state index contributed by atoms with van der Waals surface area (Å²) in [7, 11) is -0.433. The minimum absolute atomic E-state index is 0.231. The van der Waals surface area contributed by atoms with Crippen LogP contribution in [0.25, 0.3) is 0 Å². The third kappa shape index (κ3) is 2.51. The zero-order valence-electron chi connectivity index (χ0n) is 11.5. The van der Waals surface area contributed by atoms with Crippen molar-refractivity contribution in [3.63, 3.8) is 0 Å². The summed E-state index contributed by atoms with van der Waals surface area (Å²) in [5.41, 5.74) is -0.737. The Bertz CT molecular complexity index is 337. The summed E-state index contributed by atoms with van der Waals surface area (Å²) < 4.78 is 16.9. The lowest BCUT2D eigenvalue weighted by Gasteiger charge is -2.32. The first kappa shape index (κ1) is 13.7. The first-order valence-electron chi connectivity index (χ1n) is 6.33. The van der Waals surface area contributed by atoms with Crippen molar-refractivity contribution in [3.05, 3.63) is 0 Å². The van der Waals surface area contributed by atoms with E-state index in [9.17, 15) is 0 Å². The van der Waals surface area contributed by atoms with Gasteiger partial charge in [0.15, 0.2) is 0 Å². The molecule has 0 aromatic rings. The predicted octanol–water partition coefficient (Wildman–Crippen LogP) is 1.57. The lowest BCUT2D eigenvalue weighted by atomic mass is 9.73. The first-order valence-corrected chi connectivity index (χ1v) is 6.33. The number of nitrogens with one attached hydrogen (secondary N) is 1. The van der Waals surface area contributed by atoms with Gasteiger partial charge in [-0.05, 0) is 27.7 Å². The SMILES string of the molecule is CC1(C)OB(C(C=N)C=NC2COC2)OC1(C)C. The largest absolute Gasteiger partial charge is 0.472 e. The van der Waals surface area contributed by atoms with Crippen LogP contribution in [-0.4, -0.2) is 50.0 Å². The molecule has 18 heavy (non-hydrogen) atoms. The number of rotatable bonds is 4. The highest BCUT2D eigenvalue weighted by Crippen LogP contribution is 2.39. The van der Waals surface area contributed by atoms with Gasteiger partial charge in [0.05, 0.1) is 36.3 Å².